The Morgan fingerprint density at radius 2 is 1.65 bits per heavy atom. The van der Waals surface area contributed by atoms with Crippen LogP contribution < -0.4 is 14.4 Å². The van der Waals surface area contributed by atoms with Gasteiger partial charge in [0.2, 0.25) is 11.8 Å². The fourth-order valence-corrected chi connectivity index (χ4v) is 7.18. The Bertz CT molecular complexity index is 1500. The zero-order valence-corrected chi connectivity index (χ0v) is 26.7. The number of hydrogen-bond acceptors (Lipinski definition) is 5. The summed E-state index contributed by atoms with van der Waals surface area (Å²) in [7, 11) is -2.69. The van der Waals surface area contributed by atoms with Gasteiger partial charge in [0.15, 0.2) is 0 Å². The second-order valence-corrected chi connectivity index (χ2v) is 13.3. The van der Waals surface area contributed by atoms with Gasteiger partial charge in [-0.1, -0.05) is 79.7 Å². The van der Waals surface area contributed by atoms with E-state index in [0.717, 1.165) is 42.0 Å². The van der Waals surface area contributed by atoms with Crippen LogP contribution in [-0.4, -0.2) is 50.9 Å². The van der Waals surface area contributed by atoms with Crippen molar-refractivity contribution in [2.45, 2.75) is 69.0 Å². The van der Waals surface area contributed by atoms with Gasteiger partial charge in [0.1, 0.15) is 18.3 Å². The van der Waals surface area contributed by atoms with Crippen molar-refractivity contribution in [3.63, 3.8) is 0 Å². The monoisotopic (exact) mass is 645 g/mol. The first-order valence-corrected chi connectivity index (χ1v) is 16.6. The van der Waals surface area contributed by atoms with E-state index in [4.69, 9.17) is 27.9 Å². The lowest BCUT2D eigenvalue weighted by molar-refractivity contribution is -0.140. The molecule has 3 aromatic carbocycles. The molecular weight excluding hydrogens is 609 g/mol. The van der Waals surface area contributed by atoms with E-state index in [1.807, 2.05) is 19.1 Å². The summed E-state index contributed by atoms with van der Waals surface area (Å²) in [6, 6.07) is 18.7. The second kappa shape index (κ2) is 14.9. The van der Waals surface area contributed by atoms with Crippen molar-refractivity contribution in [2.24, 2.45) is 0 Å². The molecule has 1 unspecified atom stereocenters. The van der Waals surface area contributed by atoms with Gasteiger partial charge < -0.3 is 15.0 Å². The van der Waals surface area contributed by atoms with E-state index in [-0.39, 0.29) is 39.1 Å². The molecular formula is C32H37Cl2N3O5S. The van der Waals surface area contributed by atoms with Crippen LogP contribution in [0.25, 0.3) is 0 Å². The van der Waals surface area contributed by atoms with Crippen molar-refractivity contribution in [1.82, 2.24) is 10.2 Å². The maximum atomic E-state index is 14.3. The summed E-state index contributed by atoms with van der Waals surface area (Å²) in [5, 5.41) is 3.51. The van der Waals surface area contributed by atoms with E-state index in [1.165, 1.54) is 29.2 Å². The number of ether oxygens (including phenoxy) is 1. The SMILES string of the molecule is CCC(C(=O)NC1CCCCC1)N(Cc1ccc(OC)cc1)C(=O)CN(c1cc(Cl)ccc1Cl)S(=O)(=O)c1ccccc1. The van der Waals surface area contributed by atoms with Gasteiger partial charge in [-0.25, -0.2) is 8.42 Å². The first kappa shape index (κ1) is 32.6. The summed E-state index contributed by atoms with van der Waals surface area (Å²) in [6.07, 6.45) is 5.36. The molecule has 0 spiro atoms. The third kappa shape index (κ3) is 8.22. The van der Waals surface area contributed by atoms with Gasteiger partial charge in [0, 0.05) is 17.6 Å². The largest absolute Gasteiger partial charge is 0.497 e. The number of carbonyl (C=O) groups is 2. The quantitative estimate of drug-likeness (QED) is 0.244. The Kier molecular flexibility index (Phi) is 11.3. The molecule has 2 amide bonds. The molecule has 1 N–H and O–H groups in total. The second-order valence-electron chi connectivity index (χ2n) is 10.6. The van der Waals surface area contributed by atoms with Crippen molar-refractivity contribution in [3.8, 4) is 5.75 Å². The van der Waals surface area contributed by atoms with Gasteiger partial charge in [-0.05, 0) is 67.3 Å². The standard InChI is InChI=1S/C32H37Cl2N3O5S/c1-3-29(32(39)35-25-10-6-4-7-11-25)36(21-23-14-17-26(42-2)18-15-23)31(38)22-37(30-20-24(33)16-19-28(30)34)43(40,41)27-12-8-5-9-13-27/h5,8-9,12-20,25,29H,3-4,6-7,10-11,21-22H2,1-2H3,(H,35,39). The number of nitrogens with zero attached hydrogens (tertiary/aromatic N) is 2. The molecule has 4 rings (SSSR count). The maximum absolute atomic E-state index is 14.3. The molecule has 1 aliphatic rings. The van der Waals surface area contributed by atoms with E-state index in [9.17, 15) is 18.0 Å². The number of sulfonamides is 1. The number of halogens is 2. The zero-order valence-electron chi connectivity index (χ0n) is 24.3. The van der Waals surface area contributed by atoms with E-state index < -0.39 is 28.5 Å². The van der Waals surface area contributed by atoms with Crippen molar-refractivity contribution in [3.05, 3.63) is 88.4 Å². The van der Waals surface area contributed by atoms with E-state index in [0.29, 0.717) is 12.2 Å². The molecule has 0 saturated heterocycles. The number of amides is 2. The van der Waals surface area contributed by atoms with Crippen LogP contribution in [0.4, 0.5) is 5.69 Å². The van der Waals surface area contributed by atoms with E-state index in [2.05, 4.69) is 5.32 Å². The fraction of sp³-hybridized carbons (Fsp3) is 0.375. The minimum absolute atomic E-state index is 0.0115. The molecule has 1 atom stereocenters. The summed E-state index contributed by atoms with van der Waals surface area (Å²) >= 11 is 12.7. The lowest BCUT2D eigenvalue weighted by Gasteiger charge is -2.34. The van der Waals surface area contributed by atoms with Gasteiger partial charge in [-0.15, -0.1) is 0 Å². The average molecular weight is 647 g/mol. The van der Waals surface area contributed by atoms with Gasteiger partial charge in [0.05, 0.1) is 22.7 Å². The predicted molar refractivity (Wildman–Crippen MR) is 170 cm³/mol. The summed E-state index contributed by atoms with van der Waals surface area (Å²) < 4.78 is 34.2. The third-order valence-corrected chi connectivity index (χ3v) is 9.97. The smallest absolute Gasteiger partial charge is 0.264 e. The summed E-state index contributed by atoms with van der Waals surface area (Å²) in [4.78, 5) is 29.4. The Morgan fingerprint density at radius 3 is 2.28 bits per heavy atom. The highest BCUT2D eigenvalue weighted by Gasteiger charge is 2.35. The molecule has 11 heteroatoms. The van der Waals surface area contributed by atoms with Gasteiger partial charge in [0.25, 0.3) is 10.0 Å². The molecule has 230 valence electrons. The lowest BCUT2D eigenvalue weighted by atomic mass is 9.95. The van der Waals surface area contributed by atoms with E-state index >= 15 is 0 Å². The number of methoxy groups -OCH3 is 1. The fourth-order valence-electron chi connectivity index (χ4n) is 5.30. The van der Waals surface area contributed by atoms with Crippen molar-refractivity contribution < 1.29 is 22.7 Å². The topological polar surface area (TPSA) is 96.0 Å². The molecule has 0 aromatic heterocycles. The molecule has 8 nitrogen and oxygen atoms in total. The molecule has 3 aromatic rings. The summed E-state index contributed by atoms with van der Waals surface area (Å²) in [5.41, 5.74) is 0.826. The first-order chi connectivity index (χ1) is 20.6. The number of benzene rings is 3. The Balaban J connectivity index is 1.72. The van der Waals surface area contributed by atoms with Gasteiger partial charge in [-0.2, -0.15) is 0 Å². The van der Waals surface area contributed by atoms with Crippen LogP contribution >= 0.6 is 23.2 Å². The molecule has 1 saturated carbocycles. The van der Waals surface area contributed by atoms with Crippen LogP contribution in [0, 0.1) is 0 Å². The van der Waals surface area contributed by atoms with Crippen molar-refractivity contribution >= 4 is 50.7 Å². The Labute approximate surface area is 264 Å². The Morgan fingerprint density at radius 1 is 0.977 bits per heavy atom. The molecule has 43 heavy (non-hydrogen) atoms. The van der Waals surface area contributed by atoms with Crippen molar-refractivity contribution in [2.75, 3.05) is 18.0 Å². The van der Waals surface area contributed by atoms with Crippen LogP contribution in [0.1, 0.15) is 51.0 Å². The molecule has 0 bridgehead atoms. The number of anilines is 1. The van der Waals surface area contributed by atoms with Crippen LogP contribution in [-0.2, 0) is 26.2 Å². The molecule has 0 aliphatic heterocycles. The van der Waals surface area contributed by atoms with Crippen LogP contribution in [0.3, 0.4) is 0 Å². The van der Waals surface area contributed by atoms with Crippen LogP contribution in [0.2, 0.25) is 10.0 Å². The highest BCUT2D eigenvalue weighted by Crippen LogP contribution is 2.33. The number of hydrogen-bond donors (Lipinski definition) is 1. The summed E-state index contributed by atoms with van der Waals surface area (Å²) in [5.74, 6) is -0.161. The molecule has 1 aliphatic carbocycles. The maximum Gasteiger partial charge on any atom is 0.264 e. The zero-order chi connectivity index (χ0) is 31.0. The first-order valence-electron chi connectivity index (χ1n) is 14.4. The van der Waals surface area contributed by atoms with Crippen LogP contribution in [0.5, 0.6) is 5.75 Å². The number of rotatable bonds is 12. The lowest BCUT2D eigenvalue weighted by Crippen LogP contribution is -2.54. The number of nitrogens with one attached hydrogen (secondary N) is 1. The minimum Gasteiger partial charge on any atom is -0.497 e. The average Bonchev–Trinajstić information content (AvgIpc) is 3.02. The van der Waals surface area contributed by atoms with Crippen LogP contribution in [0.15, 0.2) is 77.7 Å². The normalized spacial score (nSPS) is 14.5. The molecule has 0 radical (unpaired) electrons. The highest BCUT2D eigenvalue weighted by atomic mass is 35.5. The molecule has 1 fully saturated rings. The Hall–Kier alpha value is -3.27. The van der Waals surface area contributed by atoms with Crippen molar-refractivity contribution in [1.29, 1.82) is 0 Å². The van der Waals surface area contributed by atoms with Gasteiger partial charge >= 0.3 is 0 Å². The van der Waals surface area contributed by atoms with Gasteiger partial charge in [-0.3, -0.25) is 13.9 Å². The summed E-state index contributed by atoms with van der Waals surface area (Å²) in [6.45, 7) is 1.33. The molecule has 0 heterocycles. The van der Waals surface area contributed by atoms with E-state index in [1.54, 1.807) is 43.5 Å². The highest BCUT2D eigenvalue weighted by molar-refractivity contribution is 7.92. The third-order valence-electron chi connectivity index (χ3n) is 7.64. The predicted octanol–water partition coefficient (Wildman–Crippen LogP) is 6.45. The minimum atomic E-state index is -4.25. The number of carbonyl (C=O) groups excluding carboxylic acids is 2.